The van der Waals surface area contributed by atoms with Gasteiger partial charge in [0.1, 0.15) is 5.82 Å². The van der Waals surface area contributed by atoms with E-state index in [1.807, 2.05) is 24.6 Å². The number of hydrogen-bond acceptors (Lipinski definition) is 4. The molecule has 0 aliphatic carbocycles. The van der Waals surface area contributed by atoms with Crippen molar-refractivity contribution in [3.8, 4) is 0 Å². The summed E-state index contributed by atoms with van der Waals surface area (Å²) in [7, 11) is 0. The maximum absolute atomic E-state index is 12.7. The van der Waals surface area contributed by atoms with Crippen molar-refractivity contribution in [2.45, 2.75) is 32.6 Å². The number of alkyl halides is 3. The van der Waals surface area contributed by atoms with E-state index in [2.05, 4.69) is 20.4 Å². The van der Waals surface area contributed by atoms with Crippen molar-refractivity contribution >= 4 is 16.9 Å². The van der Waals surface area contributed by atoms with Crippen molar-refractivity contribution in [1.82, 2.24) is 19.7 Å². The molecule has 0 aliphatic heterocycles. The summed E-state index contributed by atoms with van der Waals surface area (Å²) in [6, 6.07) is 4.05. The lowest BCUT2D eigenvalue weighted by Gasteiger charge is -2.10. The zero-order valence-corrected chi connectivity index (χ0v) is 13.2. The number of pyridine rings is 2. The molecule has 0 radical (unpaired) electrons. The van der Waals surface area contributed by atoms with E-state index in [0.717, 1.165) is 34.9 Å². The van der Waals surface area contributed by atoms with Gasteiger partial charge >= 0.3 is 6.18 Å². The van der Waals surface area contributed by atoms with Crippen LogP contribution in [0.15, 0.2) is 36.8 Å². The van der Waals surface area contributed by atoms with E-state index in [9.17, 15) is 13.2 Å². The number of nitrogens with zero attached hydrogens (tertiary/aromatic N) is 4. The fraction of sp³-hybridized carbons (Fsp3) is 0.312. The molecule has 0 atom stereocenters. The van der Waals surface area contributed by atoms with Gasteiger partial charge in [0.05, 0.1) is 11.8 Å². The second-order valence-corrected chi connectivity index (χ2v) is 5.72. The monoisotopic (exact) mass is 335 g/mol. The molecule has 24 heavy (non-hydrogen) atoms. The first-order valence-electron chi connectivity index (χ1n) is 7.44. The average Bonchev–Trinajstić information content (AvgIpc) is 2.96. The summed E-state index contributed by atoms with van der Waals surface area (Å²) in [6.45, 7) is 4.36. The number of halogens is 3. The number of rotatable bonds is 4. The molecule has 126 valence electrons. The lowest BCUT2D eigenvalue weighted by Crippen LogP contribution is -2.08. The quantitative estimate of drug-likeness (QED) is 0.782. The second-order valence-electron chi connectivity index (χ2n) is 5.72. The Morgan fingerprint density at radius 3 is 2.67 bits per heavy atom. The van der Waals surface area contributed by atoms with Crippen LogP contribution in [0.25, 0.3) is 11.0 Å². The molecule has 0 bridgehead atoms. The standard InChI is InChI=1S/C16H16F3N5/c1-10(2)24-15-12(9-23-24)5-11(8-22-15)7-21-14-6-13(3-4-20-14)16(17,18)19/h3-6,8-10H,7H2,1-2H3,(H,20,21). The van der Waals surface area contributed by atoms with E-state index < -0.39 is 11.7 Å². The molecule has 0 saturated carbocycles. The van der Waals surface area contributed by atoms with Crippen LogP contribution in [0, 0.1) is 0 Å². The van der Waals surface area contributed by atoms with Gasteiger partial charge in [-0.15, -0.1) is 0 Å². The Balaban J connectivity index is 1.76. The zero-order chi connectivity index (χ0) is 17.3. The molecular formula is C16H16F3N5. The van der Waals surface area contributed by atoms with Gasteiger partial charge in [0.15, 0.2) is 5.65 Å². The van der Waals surface area contributed by atoms with Crippen LogP contribution in [0.5, 0.6) is 0 Å². The van der Waals surface area contributed by atoms with Crippen LogP contribution in [0.1, 0.15) is 31.0 Å². The number of fused-ring (bicyclic) bond motifs is 1. The largest absolute Gasteiger partial charge is 0.416 e. The molecule has 0 amide bonds. The third-order valence-electron chi connectivity index (χ3n) is 3.54. The van der Waals surface area contributed by atoms with Gasteiger partial charge in [-0.05, 0) is 37.6 Å². The van der Waals surface area contributed by atoms with Crippen LogP contribution >= 0.6 is 0 Å². The van der Waals surface area contributed by atoms with E-state index in [0.29, 0.717) is 6.54 Å². The minimum atomic E-state index is -4.38. The molecule has 0 aromatic carbocycles. The van der Waals surface area contributed by atoms with Crippen LogP contribution in [-0.4, -0.2) is 19.7 Å². The van der Waals surface area contributed by atoms with Crippen molar-refractivity contribution in [3.63, 3.8) is 0 Å². The summed E-state index contributed by atoms with van der Waals surface area (Å²) >= 11 is 0. The molecule has 0 unspecified atom stereocenters. The maximum atomic E-state index is 12.7. The molecule has 1 N–H and O–H groups in total. The van der Waals surface area contributed by atoms with Gasteiger partial charge in [0.25, 0.3) is 0 Å². The Morgan fingerprint density at radius 1 is 1.17 bits per heavy atom. The molecule has 0 spiro atoms. The van der Waals surface area contributed by atoms with Crippen LogP contribution in [0.2, 0.25) is 0 Å². The number of anilines is 1. The SMILES string of the molecule is CC(C)n1ncc2cc(CNc3cc(C(F)(F)F)ccn3)cnc21. The van der Waals surface area contributed by atoms with Crippen molar-refractivity contribution in [2.24, 2.45) is 0 Å². The first-order chi connectivity index (χ1) is 11.3. The molecular weight excluding hydrogens is 319 g/mol. The molecule has 3 aromatic rings. The molecule has 0 aliphatic rings. The third-order valence-corrected chi connectivity index (χ3v) is 3.54. The first-order valence-corrected chi connectivity index (χ1v) is 7.44. The Morgan fingerprint density at radius 2 is 1.96 bits per heavy atom. The van der Waals surface area contributed by atoms with Crippen molar-refractivity contribution in [3.05, 3.63) is 47.9 Å². The van der Waals surface area contributed by atoms with Gasteiger partial charge in [-0.25, -0.2) is 14.6 Å². The van der Waals surface area contributed by atoms with Gasteiger partial charge in [0, 0.05) is 30.4 Å². The predicted octanol–water partition coefficient (Wildman–Crippen LogP) is 4.04. The van der Waals surface area contributed by atoms with Crippen molar-refractivity contribution in [1.29, 1.82) is 0 Å². The fourth-order valence-electron chi connectivity index (χ4n) is 2.36. The van der Waals surface area contributed by atoms with E-state index >= 15 is 0 Å². The molecule has 0 saturated heterocycles. The highest BCUT2D eigenvalue weighted by Gasteiger charge is 2.30. The summed E-state index contributed by atoms with van der Waals surface area (Å²) in [5.74, 6) is 0.169. The molecule has 5 nitrogen and oxygen atoms in total. The lowest BCUT2D eigenvalue weighted by atomic mass is 10.2. The third kappa shape index (κ3) is 3.32. The topological polar surface area (TPSA) is 55.6 Å². The average molecular weight is 335 g/mol. The number of hydrogen-bond donors (Lipinski definition) is 1. The Labute approximate surface area is 136 Å². The van der Waals surface area contributed by atoms with Gasteiger partial charge in [-0.1, -0.05) is 0 Å². The van der Waals surface area contributed by atoms with Crippen LogP contribution < -0.4 is 5.32 Å². The normalized spacial score (nSPS) is 12.1. The molecule has 3 heterocycles. The van der Waals surface area contributed by atoms with E-state index in [1.165, 1.54) is 0 Å². The van der Waals surface area contributed by atoms with E-state index in [-0.39, 0.29) is 11.9 Å². The van der Waals surface area contributed by atoms with Gasteiger partial charge < -0.3 is 5.32 Å². The van der Waals surface area contributed by atoms with Crippen LogP contribution in [0.4, 0.5) is 19.0 Å². The predicted molar refractivity (Wildman–Crippen MR) is 84.5 cm³/mol. The highest BCUT2D eigenvalue weighted by atomic mass is 19.4. The van der Waals surface area contributed by atoms with Crippen molar-refractivity contribution in [2.75, 3.05) is 5.32 Å². The summed E-state index contributed by atoms with van der Waals surface area (Å²) in [6.07, 6.45) is 0.169. The molecule has 3 aromatic heterocycles. The van der Waals surface area contributed by atoms with Crippen molar-refractivity contribution < 1.29 is 13.2 Å². The summed E-state index contributed by atoms with van der Waals surface area (Å²) in [5, 5.41) is 8.07. The minimum Gasteiger partial charge on any atom is -0.366 e. The summed E-state index contributed by atoms with van der Waals surface area (Å²) in [5.41, 5.74) is 0.891. The zero-order valence-electron chi connectivity index (χ0n) is 13.2. The highest BCUT2D eigenvalue weighted by Crippen LogP contribution is 2.30. The summed E-state index contributed by atoms with van der Waals surface area (Å²) in [4.78, 5) is 8.30. The second kappa shape index (κ2) is 6.10. The van der Waals surface area contributed by atoms with Crippen LogP contribution in [0.3, 0.4) is 0 Å². The van der Waals surface area contributed by atoms with Gasteiger partial charge in [0.2, 0.25) is 0 Å². The Kier molecular flexibility index (Phi) is 4.13. The fourth-order valence-corrected chi connectivity index (χ4v) is 2.36. The molecule has 3 rings (SSSR count). The van der Waals surface area contributed by atoms with Crippen LogP contribution in [-0.2, 0) is 12.7 Å². The maximum Gasteiger partial charge on any atom is 0.416 e. The summed E-state index contributed by atoms with van der Waals surface area (Å²) < 4.78 is 39.9. The first kappa shape index (κ1) is 16.2. The Hall–Kier alpha value is -2.64. The molecule has 0 fully saturated rings. The minimum absolute atomic E-state index is 0.169. The van der Waals surface area contributed by atoms with E-state index in [1.54, 1.807) is 12.4 Å². The number of nitrogens with one attached hydrogen (secondary N) is 1. The number of aromatic nitrogens is 4. The smallest absolute Gasteiger partial charge is 0.366 e. The highest BCUT2D eigenvalue weighted by molar-refractivity contribution is 5.75. The van der Waals surface area contributed by atoms with Gasteiger partial charge in [-0.3, -0.25) is 0 Å². The molecule has 8 heteroatoms. The van der Waals surface area contributed by atoms with Gasteiger partial charge in [-0.2, -0.15) is 18.3 Å². The lowest BCUT2D eigenvalue weighted by molar-refractivity contribution is -0.137. The Bertz CT molecular complexity index is 854. The van der Waals surface area contributed by atoms with E-state index in [4.69, 9.17) is 0 Å².